The Bertz CT molecular complexity index is 657. The molecule has 0 atom stereocenters. The zero-order chi connectivity index (χ0) is 14.3. The van der Waals surface area contributed by atoms with Gasteiger partial charge in [-0.1, -0.05) is 6.07 Å². The molecule has 3 rings (SSSR count). The van der Waals surface area contributed by atoms with Gasteiger partial charge in [-0.2, -0.15) is 4.31 Å². The fourth-order valence-electron chi connectivity index (χ4n) is 2.52. The first-order valence-corrected chi connectivity index (χ1v) is 7.99. The Kier molecular flexibility index (Phi) is 3.27. The molecule has 1 saturated heterocycles. The van der Waals surface area contributed by atoms with E-state index in [0.29, 0.717) is 19.6 Å². The summed E-state index contributed by atoms with van der Waals surface area (Å²) >= 11 is 0. The van der Waals surface area contributed by atoms with Crippen molar-refractivity contribution in [2.24, 2.45) is 0 Å². The molecule has 1 aromatic carbocycles. The van der Waals surface area contributed by atoms with Gasteiger partial charge in [0.25, 0.3) is 0 Å². The van der Waals surface area contributed by atoms with Crippen LogP contribution >= 0.6 is 0 Å². The second-order valence-electron chi connectivity index (χ2n) is 5.19. The van der Waals surface area contributed by atoms with Gasteiger partial charge in [0.1, 0.15) is 0 Å². The first-order chi connectivity index (χ1) is 9.48. The standard InChI is InChI=1S/C13H17N3O3S/c1-15-4-5-16(9-13(15)17)20(18,19)12-3-2-10-7-14-8-11(10)6-12/h2-3,6,14H,4-5,7-9H2,1H3. The number of hydrogen-bond acceptors (Lipinski definition) is 4. The van der Waals surface area contributed by atoms with Crippen molar-refractivity contribution in [3.63, 3.8) is 0 Å². The molecule has 2 heterocycles. The van der Waals surface area contributed by atoms with Gasteiger partial charge in [-0.25, -0.2) is 8.42 Å². The van der Waals surface area contributed by atoms with Gasteiger partial charge in [0.05, 0.1) is 11.4 Å². The zero-order valence-electron chi connectivity index (χ0n) is 11.3. The molecule has 1 aromatic rings. The summed E-state index contributed by atoms with van der Waals surface area (Å²) in [5.74, 6) is -0.164. The number of sulfonamides is 1. The van der Waals surface area contributed by atoms with Crippen molar-refractivity contribution in [2.45, 2.75) is 18.0 Å². The van der Waals surface area contributed by atoms with Crippen LogP contribution in [0.4, 0.5) is 0 Å². The minimum atomic E-state index is -3.58. The summed E-state index contributed by atoms with van der Waals surface area (Å²) < 4.78 is 26.4. The van der Waals surface area contributed by atoms with Crippen molar-refractivity contribution < 1.29 is 13.2 Å². The predicted octanol–water partition coefficient (Wildman–Crippen LogP) is -0.247. The van der Waals surface area contributed by atoms with Crippen LogP contribution in [0.25, 0.3) is 0 Å². The molecule has 0 spiro atoms. The van der Waals surface area contributed by atoms with Crippen LogP contribution < -0.4 is 5.32 Å². The molecule has 2 aliphatic heterocycles. The summed E-state index contributed by atoms with van der Waals surface area (Å²) in [5.41, 5.74) is 2.16. The molecule has 1 amide bonds. The number of amides is 1. The Morgan fingerprint density at radius 3 is 2.65 bits per heavy atom. The van der Waals surface area contributed by atoms with Gasteiger partial charge in [-0.3, -0.25) is 4.79 Å². The Balaban J connectivity index is 1.90. The molecule has 108 valence electrons. The number of benzene rings is 1. The lowest BCUT2D eigenvalue weighted by Crippen LogP contribution is -2.50. The quantitative estimate of drug-likeness (QED) is 0.817. The van der Waals surface area contributed by atoms with Crippen LogP contribution in [-0.4, -0.2) is 50.2 Å². The molecule has 1 fully saturated rings. The molecule has 0 bridgehead atoms. The largest absolute Gasteiger partial charge is 0.343 e. The van der Waals surface area contributed by atoms with E-state index in [9.17, 15) is 13.2 Å². The lowest BCUT2D eigenvalue weighted by Gasteiger charge is -2.31. The summed E-state index contributed by atoms with van der Waals surface area (Å²) in [6.07, 6.45) is 0. The lowest BCUT2D eigenvalue weighted by atomic mass is 10.1. The van der Waals surface area contributed by atoms with E-state index in [4.69, 9.17) is 0 Å². The highest BCUT2D eigenvalue weighted by Crippen LogP contribution is 2.23. The van der Waals surface area contributed by atoms with E-state index in [0.717, 1.165) is 17.7 Å². The van der Waals surface area contributed by atoms with Crippen LogP contribution in [0.2, 0.25) is 0 Å². The monoisotopic (exact) mass is 295 g/mol. The maximum atomic E-state index is 12.6. The van der Waals surface area contributed by atoms with Crippen molar-refractivity contribution in [3.05, 3.63) is 29.3 Å². The normalized spacial score (nSPS) is 20.2. The molecule has 20 heavy (non-hydrogen) atoms. The van der Waals surface area contributed by atoms with Crippen molar-refractivity contribution in [1.29, 1.82) is 0 Å². The Morgan fingerprint density at radius 1 is 1.15 bits per heavy atom. The van der Waals surface area contributed by atoms with Crippen LogP contribution in [-0.2, 0) is 27.9 Å². The van der Waals surface area contributed by atoms with E-state index in [2.05, 4.69) is 5.32 Å². The summed E-state index contributed by atoms with van der Waals surface area (Å²) in [6.45, 7) is 2.18. The zero-order valence-corrected chi connectivity index (χ0v) is 12.1. The van der Waals surface area contributed by atoms with Crippen molar-refractivity contribution >= 4 is 15.9 Å². The van der Waals surface area contributed by atoms with Gasteiger partial charge in [-0.15, -0.1) is 0 Å². The molecular formula is C13H17N3O3S. The minimum Gasteiger partial charge on any atom is -0.343 e. The highest BCUT2D eigenvalue weighted by atomic mass is 32.2. The molecule has 1 N–H and O–H groups in total. The summed E-state index contributed by atoms with van der Waals surface area (Å²) in [4.78, 5) is 13.5. The average molecular weight is 295 g/mol. The number of rotatable bonds is 2. The second-order valence-corrected chi connectivity index (χ2v) is 7.13. The molecule has 0 radical (unpaired) electrons. The summed E-state index contributed by atoms with van der Waals surface area (Å²) in [7, 11) is -1.89. The third kappa shape index (κ3) is 2.21. The van der Waals surface area contributed by atoms with Crippen molar-refractivity contribution in [2.75, 3.05) is 26.7 Å². The third-order valence-electron chi connectivity index (χ3n) is 3.87. The number of carbonyl (C=O) groups excluding carboxylic acids is 1. The molecule has 7 heteroatoms. The van der Waals surface area contributed by atoms with Crippen LogP contribution in [0.15, 0.2) is 23.1 Å². The smallest absolute Gasteiger partial charge is 0.243 e. The van der Waals surface area contributed by atoms with E-state index in [1.807, 2.05) is 6.07 Å². The van der Waals surface area contributed by atoms with E-state index in [-0.39, 0.29) is 17.3 Å². The van der Waals surface area contributed by atoms with E-state index < -0.39 is 10.0 Å². The van der Waals surface area contributed by atoms with E-state index in [1.54, 1.807) is 24.1 Å². The Labute approximate surface area is 118 Å². The number of hydrogen-bond donors (Lipinski definition) is 1. The van der Waals surface area contributed by atoms with Crippen LogP contribution in [0.5, 0.6) is 0 Å². The van der Waals surface area contributed by atoms with Gasteiger partial charge in [-0.05, 0) is 23.3 Å². The van der Waals surface area contributed by atoms with E-state index in [1.165, 1.54) is 4.31 Å². The third-order valence-corrected chi connectivity index (χ3v) is 5.71. The minimum absolute atomic E-state index is 0.0752. The van der Waals surface area contributed by atoms with Gasteiger partial charge >= 0.3 is 0 Å². The van der Waals surface area contributed by atoms with Crippen LogP contribution in [0.1, 0.15) is 11.1 Å². The lowest BCUT2D eigenvalue weighted by molar-refractivity contribution is -0.132. The predicted molar refractivity (Wildman–Crippen MR) is 73.4 cm³/mol. The maximum absolute atomic E-state index is 12.6. The molecule has 0 aromatic heterocycles. The fourth-order valence-corrected chi connectivity index (χ4v) is 3.95. The Morgan fingerprint density at radius 2 is 1.90 bits per heavy atom. The number of fused-ring (bicyclic) bond motifs is 1. The molecule has 0 saturated carbocycles. The summed E-state index contributed by atoms with van der Waals surface area (Å²) in [5, 5.41) is 3.19. The van der Waals surface area contributed by atoms with Gasteiger partial charge < -0.3 is 10.2 Å². The highest BCUT2D eigenvalue weighted by Gasteiger charge is 2.31. The Hall–Kier alpha value is -1.44. The molecule has 6 nitrogen and oxygen atoms in total. The average Bonchev–Trinajstić information content (AvgIpc) is 2.89. The SMILES string of the molecule is CN1CCN(S(=O)(=O)c2ccc3c(c2)CNC3)CC1=O. The first-order valence-electron chi connectivity index (χ1n) is 6.55. The number of nitrogens with one attached hydrogen (secondary N) is 1. The topological polar surface area (TPSA) is 69.7 Å². The second kappa shape index (κ2) is 4.83. The first kappa shape index (κ1) is 13.5. The molecular weight excluding hydrogens is 278 g/mol. The number of nitrogens with zero attached hydrogens (tertiary/aromatic N) is 2. The highest BCUT2D eigenvalue weighted by molar-refractivity contribution is 7.89. The number of piperazine rings is 1. The molecule has 0 unspecified atom stereocenters. The molecule has 0 aliphatic carbocycles. The number of carbonyl (C=O) groups is 1. The van der Waals surface area contributed by atoms with Gasteiger partial charge in [0.15, 0.2) is 0 Å². The van der Waals surface area contributed by atoms with Gasteiger partial charge in [0, 0.05) is 33.2 Å². The number of likely N-dealkylation sites (N-methyl/N-ethyl adjacent to an activating group) is 1. The van der Waals surface area contributed by atoms with Crippen LogP contribution in [0.3, 0.4) is 0 Å². The maximum Gasteiger partial charge on any atom is 0.243 e. The summed E-state index contributed by atoms with van der Waals surface area (Å²) in [6, 6.07) is 5.19. The van der Waals surface area contributed by atoms with E-state index >= 15 is 0 Å². The molecule has 2 aliphatic rings. The van der Waals surface area contributed by atoms with Crippen molar-refractivity contribution in [1.82, 2.24) is 14.5 Å². The van der Waals surface area contributed by atoms with Gasteiger partial charge in [0.2, 0.25) is 15.9 Å². The van der Waals surface area contributed by atoms with Crippen LogP contribution in [0, 0.1) is 0 Å². The van der Waals surface area contributed by atoms with Crippen molar-refractivity contribution in [3.8, 4) is 0 Å². The fraction of sp³-hybridized carbons (Fsp3) is 0.462.